The number of quaternary nitrogens is 1. The smallest absolute Gasteiger partial charge is 0.306 e. The lowest BCUT2D eigenvalue weighted by Gasteiger charge is -2.34. The van der Waals surface area contributed by atoms with Crippen molar-refractivity contribution in [1.29, 1.82) is 0 Å². The Balaban J connectivity index is 4.33. The SMILES string of the molecule is CCCCC/C=C/C/C=C/CCCCCCCCCC(=O)OC(COCCC(C(=O)[O-])[N+](C)(C)C)COC(=O)CCCCCCCCCCCCCCC. The fourth-order valence-electron chi connectivity index (χ4n) is 6.57. The zero-order valence-corrected chi connectivity index (χ0v) is 35.9. The molecule has 0 spiro atoms. The van der Waals surface area contributed by atoms with Gasteiger partial charge in [-0.1, -0.05) is 160 Å². The van der Waals surface area contributed by atoms with Gasteiger partial charge in [0.25, 0.3) is 0 Å². The van der Waals surface area contributed by atoms with Gasteiger partial charge in [0.2, 0.25) is 0 Å². The molecule has 2 atom stereocenters. The normalized spacial score (nSPS) is 13.1. The Kier molecular flexibility index (Phi) is 36.2. The molecule has 2 unspecified atom stereocenters. The minimum absolute atomic E-state index is 0.0413. The Labute approximate surface area is 332 Å². The molecule has 8 nitrogen and oxygen atoms in total. The van der Waals surface area contributed by atoms with Crippen molar-refractivity contribution in [3.63, 3.8) is 0 Å². The summed E-state index contributed by atoms with van der Waals surface area (Å²) in [7, 11) is 5.41. The van der Waals surface area contributed by atoms with E-state index >= 15 is 0 Å². The number of hydrogen-bond acceptors (Lipinski definition) is 7. The molecule has 0 fully saturated rings. The van der Waals surface area contributed by atoms with Gasteiger partial charge in [-0.2, -0.15) is 0 Å². The molecule has 0 heterocycles. The van der Waals surface area contributed by atoms with E-state index in [9.17, 15) is 19.5 Å². The summed E-state index contributed by atoms with van der Waals surface area (Å²) >= 11 is 0. The second-order valence-electron chi connectivity index (χ2n) is 16.3. The summed E-state index contributed by atoms with van der Waals surface area (Å²) < 4.78 is 17.2. The van der Waals surface area contributed by atoms with Gasteiger partial charge in [-0.05, 0) is 44.9 Å². The monoisotopic (exact) mass is 764 g/mol. The maximum Gasteiger partial charge on any atom is 0.306 e. The molecule has 0 aromatic rings. The van der Waals surface area contributed by atoms with Crippen LogP contribution in [0.25, 0.3) is 0 Å². The van der Waals surface area contributed by atoms with Crippen LogP contribution in [0.15, 0.2) is 24.3 Å². The predicted octanol–water partition coefficient (Wildman–Crippen LogP) is 10.7. The highest BCUT2D eigenvalue weighted by atomic mass is 16.6. The van der Waals surface area contributed by atoms with Crippen molar-refractivity contribution >= 4 is 17.9 Å². The van der Waals surface area contributed by atoms with Crippen LogP contribution in [-0.2, 0) is 28.6 Å². The summed E-state index contributed by atoms with van der Waals surface area (Å²) in [6.07, 6.45) is 40.5. The van der Waals surface area contributed by atoms with Crippen LogP contribution in [0.3, 0.4) is 0 Å². The number of rotatable bonds is 40. The highest BCUT2D eigenvalue weighted by Crippen LogP contribution is 2.15. The van der Waals surface area contributed by atoms with Crippen molar-refractivity contribution in [2.45, 2.75) is 212 Å². The average molecular weight is 764 g/mol. The molecule has 0 aliphatic heterocycles. The van der Waals surface area contributed by atoms with E-state index in [1.165, 1.54) is 116 Å². The molecule has 0 aliphatic carbocycles. The second kappa shape index (κ2) is 37.7. The topological polar surface area (TPSA) is 102 Å². The van der Waals surface area contributed by atoms with Crippen molar-refractivity contribution in [3.8, 4) is 0 Å². The van der Waals surface area contributed by atoms with E-state index in [0.717, 1.165) is 51.4 Å². The highest BCUT2D eigenvalue weighted by molar-refractivity contribution is 5.70. The molecular formula is C46H85NO7. The van der Waals surface area contributed by atoms with Gasteiger partial charge in [0.1, 0.15) is 12.6 Å². The third kappa shape index (κ3) is 35.5. The van der Waals surface area contributed by atoms with Crippen molar-refractivity contribution in [2.75, 3.05) is 41.0 Å². The van der Waals surface area contributed by atoms with Crippen LogP contribution in [-0.4, -0.2) is 75.5 Å². The number of carboxylic acid groups (broad SMARTS) is 1. The van der Waals surface area contributed by atoms with E-state index in [0.29, 0.717) is 12.8 Å². The number of esters is 2. The first kappa shape index (κ1) is 51.8. The van der Waals surface area contributed by atoms with E-state index in [1.807, 2.05) is 0 Å². The molecule has 0 radical (unpaired) electrons. The van der Waals surface area contributed by atoms with Crippen molar-refractivity contribution in [1.82, 2.24) is 0 Å². The molecular weight excluding hydrogens is 679 g/mol. The molecule has 0 amide bonds. The third-order valence-electron chi connectivity index (χ3n) is 10.1. The number of aliphatic carboxylic acids is 1. The van der Waals surface area contributed by atoms with Crippen molar-refractivity contribution in [3.05, 3.63) is 24.3 Å². The first-order chi connectivity index (χ1) is 26.1. The molecule has 0 aromatic heterocycles. The Morgan fingerprint density at radius 3 is 1.46 bits per heavy atom. The summed E-state index contributed by atoms with van der Waals surface area (Å²) in [5, 5.41) is 11.6. The largest absolute Gasteiger partial charge is 0.544 e. The standard InChI is InChI=1S/C46H85NO7/c1-6-8-10-12-14-16-18-20-21-22-23-25-27-29-31-33-35-37-45(49)54-42(40-52-39-38-43(46(50)51)47(3,4)5)41-53-44(48)36-34-32-30-28-26-24-19-17-15-13-11-9-7-2/h14,16,20-21,42-43H,6-13,15,17-19,22-41H2,1-5H3/b16-14+,21-20+. The van der Waals surface area contributed by atoms with Crippen LogP contribution < -0.4 is 5.11 Å². The Morgan fingerprint density at radius 1 is 0.556 bits per heavy atom. The van der Waals surface area contributed by atoms with Crippen LogP contribution in [0.1, 0.15) is 200 Å². The van der Waals surface area contributed by atoms with Crippen LogP contribution in [0.5, 0.6) is 0 Å². The molecule has 0 rings (SSSR count). The maximum absolute atomic E-state index is 12.7. The quantitative estimate of drug-likeness (QED) is 0.0265. The number of carbonyl (C=O) groups excluding carboxylic acids is 3. The van der Waals surface area contributed by atoms with Gasteiger partial charge in [-0.3, -0.25) is 9.59 Å². The molecule has 0 bridgehead atoms. The minimum Gasteiger partial charge on any atom is -0.544 e. The summed E-state index contributed by atoms with van der Waals surface area (Å²) in [6.45, 7) is 4.64. The van der Waals surface area contributed by atoms with Gasteiger partial charge in [-0.15, -0.1) is 0 Å². The number of carboxylic acids is 1. The molecule has 0 saturated carbocycles. The maximum atomic E-state index is 12.7. The average Bonchev–Trinajstić information content (AvgIpc) is 3.12. The van der Waals surface area contributed by atoms with E-state index in [4.69, 9.17) is 14.2 Å². The van der Waals surface area contributed by atoms with Crippen LogP contribution >= 0.6 is 0 Å². The summed E-state index contributed by atoms with van der Waals surface area (Å²) in [4.78, 5) is 36.8. The zero-order chi connectivity index (χ0) is 40.0. The van der Waals surface area contributed by atoms with Gasteiger partial charge in [0.05, 0.1) is 40.3 Å². The van der Waals surface area contributed by atoms with E-state index < -0.39 is 18.1 Å². The van der Waals surface area contributed by atoms with Crippen LogP contribution in [0.2, 0.25) is 0 Å². The number of likely N-dealkylation sites (N-methyl/N-ethyl adjacent to an activating group) is 1. The molecule has 0 saturated heterocycles. The summed E-state index contributed by atoms with van der Waals surface area (Å²) in [5.74, 6) is -1.74. The van der Waals surface area contributed by atoms with Crippen LogP contribution in [0.4, 0.5) is 0 Å². The van der Waals surface area contributed by atoms with Crippen LogP contribution in [0, 0.1) is 0 Å². The number of allylic oxidation sites excluding steroid dienone is 4. The first-order valence-electron chi connectivity index (χ1n) is 22.4. The van der Waals surface area contributed by atoms with E-state index in [-0.39, 0.29) is 42.7 Å². The second-order valence-corrected chi connectivity index (χ2v) is 16.3. The summed E-state index contributed by atoms with van der Waals surface area (Å²) in [6, 6.07) is -0.724. The molecule has 0 aliphatic rings. The van der Waals surface area contributed by atoms with E-state index in [2.05, 4.69) is 38.2 Å². The zero-order valence-electron chi connectivity index (χ0n) is 35.9. The van der Waals surface area contributed by atoms with Crippen molar-refractivity contribution in [2.24, 2.45) is 0 Å². The Hall–Kier alpha value is -2.19. The predicted molar refractivity (Wildman–Crippen MR) is 222 cm³/mol. The lowest BCUT2D eigenvalue weighted by atomic mass is 10.0. The molecule has 54 heavy (non-hydrogen) atoms. The highest BCUT2D eigenvalue weighted by Gasteiger charge is 2.25. The fraction of sp³-hybridized carbons (Fsp3) is 0.848. The fourth-order valence-corrected chi connectivity index (χ4v) is 6.57. The lowest BCUT2D eigenvalue weighted by Crippen LogP contribution is -2.55. The third-order valence-corrected chi connectivity index (χ3v) is 10.1. The minimum atomic E-state index is -1.12. The molecule has 0 N–H and O–H groups in total. The molecule has 316 valence electrons. The number of ether oxygens (including phenoxy) is 3. The van der Waals surface area contributed by atoms with Gasteiger partial charge in [0.15, 0.2) is 6.10 Å². The molecule has 8 heteroatoms. The van der Waals surface area contributed by atoms with Gasteiger partial charge < -0.3 is 28.6 Å². The number of carbonyl (C=O) groups is 3. The van der Waals surface area contributed by atoms with E-state index in [1.54, 1.807) is 21.1 Å². The number of nitrogens with zero attached hydrogens (tertiary/aromatic N) is 1. The summed E-state index contributed by atoms with van der Waals surface area (Å²) in [5.41, 5.74) is 0. The number of hydrogen-bond donors (Lipinski definition) is 0. The van der Waals surface area contributed by atoms with Gasteiger partial charge in [0, 0.05) is 19.3 Å². The molecule has 0 aromatic carbocycles. The first-order valence-corrected chi connectivity index (χ1v) is 22.4. The Bertz CT molecular complexity index is 942. The van der Waals surface area contributed by atoms with Crippen molar-refractivity contribution < 1.29 is 38.2 Å². The van der Waals surface area contributed by atoms with Gasteiger partial charge in [-0.25, -0.2) is 0 Å². The Morgan fingerprint density at radius 2 is 0.981 bits per heavy atom. The number of unbranched alkanes of at least 4 members (excludes halogenated alkanes) is 22. The van der Waals surface area contributed by atoms with Gasteiger partial charge >= 0.3 is 11.9 Å². The lowest BCUT2D eigenvalue weighted by molar-refractivity contribution is -0.889.